The van der Waals surface area contributed by atoms with Gasteiger partial charge in [-0.15, -0.1) is 0 Å². The molecule has 0 aliphatic heterocycles. The van der Waals surface area contributed by atoms with Gasteiger partial charge in [0.1, 0.15) is 5.75 Å². The highest BCUT2D eigenvalue weighted by molar-refractivity contribution is 9.10. The highest BCUT2D eigenvalue weighted by atomic mass is 79.9. The Bertz CT molecular complexity index is 790. The third-order valence-corrected chi connectivity index (χ3v) is 4.13. The number of methoxy groups -OCH3 is 1. The zero-order chi connectivity index (χ0) is 15.7. The summed E-state index contributed by atoms with van der Waals surface area (Å²) in [5.74, 6) is 0.835. The van der Waals surface area contributed by atoms with E-state index >= 15 is 0 Å². The molecular formula is C17H16BrN3O. The fourth-order valence-corrected chi connectivity index (χ4v) is 3.05. The number of nitrogens with two attached hydrogens (primary N) is 1. The van der Waals surface area contributed by atoms with Crippen molar-refractivity contribution in [3.63, 3.8) is 0 Å². The molecule has 0 spiro atoms. The monoisotopic (exact) mass is 357 g/mol. The SMILES string of the molecule is COc1ccc(-c2cc(N)cc(-c3c(Br)cnn3C)c2)cc1. The van der Waals surface area contributed by atoms with Gasteiger partial charge < -0.3 is 10.5 Å². The second kappa shape index (κ2) is 5.85. The summed E-state index contributed by atoms with van der Waals surface area (Å²) in [5.41, 5.74) is 11.0. The zero-order valence-electron chi connectivity index (χ0n) is 12.4. The van der Waals surface area contributed by atoms with Crippen LogP contribution in [0.15, 0.2) is 53.1 Å². The molecule has 0 bridgehead atoms. The summed E-state index contributed by atoms with van der Waals surface area (Å²) in [6.07, 6.45) is 1.78. The number of nitrogen functional groups attached to an aromatic ring is 1. The quantitative estimate of drug-likeness (QED) is 0.717. The number of nitrogens with zero attached hydrogens (tertiary/aromatic N) is 2. The van der Waals surface area contributed by atoms with E-state index in [2.05, 4.69) is 27.1 Å². The van der Waals surface area contributed by atoms with E-state index in [0.717, 1.165) is 38.3 Å². The van der Waals surface area contributed by atoms with Crippen molar-refractivity contribution in [2.75, 3.05) is 12.8 Å². The zero-order valence-corrected chi connectivity index (χ0v) is 14.0. The molecule has 0 amide bonds. The van der Waals surface area contributed by atoms with E-state index in [1.165, 1.54) is 0 Å². The maximum absolute atomic E-state index is 6.09. The van der Waals surface area contributed by atoms with Crippen molar-refractivity contribution in [3.8, 4) is 28.1 Å². The fraction of sp³-hybridized carbons (Fsp3) is 0.118. The lowest BCUT2D eigenvalue weighted by Gasteiger charge is -2.10. The molecule has 0 saturated carbocycles. The molecule has 0 aliphatic carbocycles. The molecule has 112 valence electrons. The van der Waals surface area contributed by atoms with Crippen molar-refractivity contribution < 1.29 is 4.74 Å². The van der Waals surface area contributed by atoms with Gasteiger partial charge in [-0.1, -0.05) is 12.1 Å². The summed E-state index contributed by atoms with van der Waals surface area (Å²) < 4.78 is 7.98. The molecule has 22 heavy (non-hydrogen) atoms. The smallest absolute Gasteiger partial charge is 0.118 e. The number of aromatic nitrogens is 2. The van der Waals surface area contributed by atoms with Gasteiger partial charge in [-0.2, -0.15) is 5.10 Å². The lowest BCUT2D eigenvalue weighted by atomic mass is 10.0. The minimum absolute atomic E-state index is 0.719. The van der Waals surface area contributed by atoms with Crippen molar-refractivity contribution in [1.82, 2.24) is 9.78 Å². The van der Waals surface area contributed by atoms with Crippen LogP contribution in [0, 0.1) is 0 Å². The lowest BCUT2D eigenvalue weighted by Crippen LogP contribution is -1.96. The average Bonchev–Trinajstić information content (AvgIpc) is 2.86. The molecule has 0 saturated heterocycles. The van der Waals surface area contributed by atoms with Crippen LogP contribution in [-0.2, 0) is 7.05 Å². The third-order valence-electron chi connectivity index (χ3n) is 3.55. The first-order valence-corrected chi connectivity index (χ1v) is 7.60. The van der Waals surface area contributed by atoms with Crippen LogP contribution in [0.25, 0.3) is 22.4 Å². The van der Waals surface area contributed by atoms with Gasteiger partial charge in [-0.3, -0.25) is 4.68 Å². The van der Waals surface area contributed by atoms with E-state index in [4.69, 9.17) is 10.5 Å². The number of halogens is 1. The molecule has 5 heteroatoms. The summed E-state index contributed by atoms with van der Waals surface area (Å²) in [6, 6.07) is 14.0. The number of aryl methyl sites for hydroxylation is 1. The Morgan fingerprint density at radius 2 is 1.73 bits per heavy atom. The minimum atomic E-state index is 0.719. The van der Waals surface area contributed by atoms with Crippen molar-refractivity contribution in [2.24, 2.45) is 7.05 Å². The maximum Gasteiger partial charge on any atom is 0.118 e. The number of ether oxygens (including phenoxy) is 1. The number of hydrogen-bond acceptors (Lipinski definition) is 3. The Kier molecular flexibility index (Phi) is 3.90. The Morgan fingerprint density at radius 3 is 2.32 bits per heavy atom. The largest absolute Gasteiger partial charge is 0.497 e. The van der Waals surface area contributed by atoms with Crippen molar-refractivity contribution in [2.45, 2.75) is 0 Å². The molecule has 3 rings (SSSR count). The van der Waals surface area contributed by atoms with E-state index in [0.29, 0.717) is 0 Å². The topological polar surface area (TPSA) is 53.1 Å². The first kappa shape index (κ1) is 14.7. The molecule has 1 aromatic heterocycles. The molecule has 0 fully saturated rings. The molecule has 3 aromatic rings. The second-order valence-corrected chi connectivity index (χ2v) is 5.89. The molecule has 2 N–H and O–H groups in total. The van der Waals surface area contributed by atoms with Crippen LogP contribution in [-0.4, -0.2) is 16.9 Å². The molecule has 0 aliphatic rings. The van der Waals surface area contributed by atoms with Gasteiger partial charge in [0.05, 0.1) is 23.5 Å². The van der Waals surface area contributed by atoms with Crippen LogP contribution in [0.1, 0.15) is 0 Å². The van der Waals surface area contributed by atoms with Crippen molar-refractivity contribution >= 4 is 21.6 Å². The van der Waals surface area contributed by atoms with Crippen LogP contribution in [0.5, 0.6) is 5.75 Å². The molecule has 1 heterocycles. The van der Waals surface area contributed by atoms with E-state index in [1.807, 2.05) is 48.1 Å². The van der Waals surface area contributed by atoms with E-state index in [1.54, 1.807) is 13.3 Å². The summed E-state index contributed by atoms with van der Waals surface area (Å²) >= 11 is 3.54. The van der Waals surface area contributed by atoms with E-state index in [9.17, 15) is 0 Å². The number of benzene rings is 2. The maximum atomic E-state index is 6.09. The standard InChI is InChI=1S/C17H16BrN3O/c1-21-17(16(18)10-20-21)13-7-12(8-14(19)9-13)11-3-5-15(22-2)6-4-11/h3-10H,19H2,1-2H3. The summed E-state index contributed by atoms with van der Waals surface area (Å²) in [5, 5.41) is 4.26. The predicted octanol–water partition coefficient (Wildman–Crippen LogP) is 4.11. The summed E-state index contributed by atoms with van der Waals surface area (Å²) in [6.45, 7) is 0. The highest BCUT2D eigenvalue weighted by Gasteiger charge is 2.11. The molecule has 4 nitrogen and oxygen atoms in total. The van der Waals surface area contributed by atoms with Gasteiger partial charge in [-0.05, 0) is 57.4 Å². The first-order valence-electron chi connectivity index (χ1n) is 6.81. The summed E-state index contributed by atoms with van der Waals surface area (Å²) in [4.78, 5) is 0. The second-order valence-electron chi connectivity index (χ2n) is 5.04. The Hall–Kier alpha value is -2.27. The van der Waals surface area contributed by atoms with Crippen LogP contribution in [0.3, 0.4) is 0 Å². The molecule has 2 aromatic carbocycles. The number of hydrogen-bond donors (Lipinski definition) is 1. The van der Waals surface area contributed by atoms with Crippen molar-refractivity contribution in [3.05, 3.63) is 53.1 Å². The van der Waals surface area contributed by atoms with Crippen LogP contribution < -0.4 is 10.5 Å². The van der Waals surface area contributed by atoms with Crippen LogP contribution >= 0.6 is 15.9 Å². The molecule has 0 unspecified atom stereocenters. The Balaban J connectivity index is 2.10. The lowest BCUT2D eigenvalue weighted by molar-refractivity contribution is 0.415. The van der Waals surface area contributed by atoms with Crippen LogP contribution in [0.4, 0.5) is 5.69 Å². The van der Waals surface area contributed by atoms with Gasteiger partial charge in [-0.25, -0.2) is 0 Å². The average molecular weight is 358 g/mol. The third kappa shape index (κ3) is 2.72. The fourth-order valence-electron chi connectivity index (χ4n) is 2.47. The van der Waals surface area contributed by atoms with Gasteiger partial charge in [0, 0.05) is 18.3 Å². The number of rotatable bonds is 3. The van der Waals surface area contributed by atoms with Gasteiger partial charge in [0.15, 0.2) is 0 Å². The van der Waals surface area contributed by atoms with Crippen LogP contribution in [0.2, 0.25) is 0 Å². The highest BCUT2D eigenvalue weighted by Crippen LogP contribution is 2.33. The minimum Gasteiger partial charge on any atom is -0.497 e. The van der Waals surface area contributed by atoms with Gasteiger partial charge in [0.2, 0.25) is 0 Å². The summed E-state index contributed by atoms with van der Waals surface area (Å²) in [7, 11) is 3.57. The van der Waals surface area contributed by atoms with Crippen molar-refractivity contribution in [1.29, 1.82) is 0 Å². The molecular weight excluding hydrogens is 342 g/mol. The number of anilines is 1. The first-order chi connectivity index (χ1) is 10.6. The van der Waals surface area contributed by atoms with E-state index in [-0.39, 0.29) is 0 Å². The van der Waals surface area contributed by atoms with E-state index < -0.39 is 0 Å². The van der Waals surface area contributed by atoms with Gasteiger partial charge in [0.25, 0.3) is 0 Å². The van der Waals surface area contributed by atoms with Gasteiger partial charge >= 0.3 is 0 Å². The normalized spacial score (nSPS) is 10.7. The Morgan fingerprint density at radius 1 is 1.05 bits per heavy atom. The predicted molar refractivity (Wildman–Crippen MR) is 92.7 cm³/mol. The Labute approximate surface area is 137 Å². The molecule has 0 atom stereocenters. The molecule has 0 radical (unpaired) electrons.